The van der Waals surface area contributed by atoms with E-state index in [0.717, 1.165) is 5.56 Å². The molecule has 0 spiro atoms. The zero-order valence-electron chi connectivity index (χ0n) is 14.6. The molecule has 0 aliphatic heterocycles. The summed E-state index contributed by atoms with van der Waals surface area (Å²) in [4.78, 5) is 12.4. The quantitative estimate of drug-likeness (QED) is 0.326. The second kappa shape index (κ2) is 9.03. The molecular weight excluding hydrogens is 506 g/mol. The zero-order chi connectivity index (χ0) is 20.1. The van der Waals surface area contributed by atoms with Crippen molar-refractivity contribution < 1.29 is 13.2 Å². The molecule has 1 N–H and O–H groups in total. The van der Waals surface area contributed by atoms with Crippen LogP contribution in [0.3, 0.4) is 0 Å². The van der Waals surface area contributed by atoms with Crippen molar-refractivity contribution in [2.24, 2.45) is 0 Å². The molecule has 0 saturated heterocycles. The molecule has 0 radical (unpaired) electrons. The summed E-state index contributed by atoms with van der Waals surface area (Å²) in [5.41, 5.74) is 1.48. The van der Waals surface area contributed by atoms with E-state index < -0.39 is 14.9 Å². The van der Waals surface area contributed by atoms with Crippen LogP contribution in [0.25, 0.3) is 0 Å². The molecule has 0 bridgehead atoms. The number of para-hydroxylation sites is 1. The summed E-state index contributed by atoms with van der Waals surface area (Å²) in [7, 11) is -3.80. The Labute approximate surface area is 181 Å². The Bertz CT molecular complexity index is 1060. The number of nitrogens with one attached hydrogen (secondary N) is 1. The highest BCUT2D eigenvalue weighted by molar-refractivity contribution is 9.12. The van der Waals surface area contributed by atoms with E-state index in [-0.39, 0.29) is 21.2 Å². The normalized spacial score (nSPS) is 13.5. The summed E-state index contributed by atoms with van der Waals surface area (Å²) in [5.74, 6) is -0.225. The van der Waals surface area contributed by atoms with Crippen molar-refractivity contribution in [3.8, 4) is 0 Å². The maximum atomic E-state index is 13.1. The third-order valence-electron chi connectivity index (χ3n) is 4.12. The SMILES string of the molecule is O=C(c1ccccc1NS(=O)(=O)c1ccccc1)C(Br)C(Br)c1ccccc1. The molecule has 0 saturated carbocycles. The van der Waals surface area contributed by atoms with Gasteiger partial charge in [0.05, 0.1) is 20.2 Å². The summed E-state index contributed by atoms with van der Waals surface area (Å²) in [6, 6.07) is 24.2. The number of carbonyl (C=O) groups is 1. The van der Waals surface area contributed by atoms with Gasteiger partial charge in [-0.25, -0.2) is 8.42 Å². The molecule has 7 heteroatoms. The fourth-order valence-corrected chi connectivity index (χ4v) is 4.88. The van der Waals surface area contributed by atoms with Crippen LogP contribution in [0.5, 0.6) is 0 Å². The van der Waals surface area contributed by atoms with Gasteiger partial charge >= 0.3 is 0 Å². The lowest BCUT2D eigenvalue weighted by molar-refractivity contribution is 0.0991. The molecule has 0 fully saturated rings. The molecule has 0 amide bonds. The third-order valence-corrected chi connectivity index (χ3v) is 8.21. The monoisotopic (exact) mass is 521 g/mol. The highest BCUT2D eigenvalue weighted by Crippen LogP contribution is 2.34. The van der Waals surface area contributed by atoms with Crippen LogP contribution in [0.15, 0.2) is 89.8 Å². The first-order valence-electron chi connectivity index (χ1n) is 8.44. The molecule has 0 aliphatic carbocycles. The van der Waals surface area contributed by atoms with Gasteiger partial charge in [0.1, 0.15) is 0 Å². The van der Waals surface area contributed by atoms with Gasteiger partial charge in [-0.15, -0.1) is 0 Å². The number of alkyl halides is 2. The van der Waals surface area contributed by atoms with E-state index in [0.29, 0.717) is 5.56 Å². The van der Waals surface area contributed by atoms with Gasteiger partial charge in [0, 0.05) is 5.56 Å². The van der Waals surface area contributed by atoms with Crippen LogP contribution in [0.4, 0.5) is 5.69 Å². The summed E-state index contributed by atoms with van der Waals surface area (Å²) in [6.07, 6.45) is 0. The molecule has 2 atom stereocenters. The van der Waals surface area contributed by atoms with Crippen molar-refractivity contribution in [3.05, 3.63) is 96.1 Å². The van der Waals surface area contributed by atoms with Crippen LogP contribution < -0.4 is 4.72 Å². The first kappa shape index (κ1) is 20.8. The van der Waals surface area contributed by atoms with Crippen LogP contribution in [-0.2, 0) is 10.0 Å². The van der Waals surface area contributed by atoms with Gasteiger partial charge in [-0.3, -0.25) is 9.52 Å². The minimum atomic E-state index is -3.80. The highest BCUT2D eigenvalue weighted by Gasteiger charge is 2.28. The second-order valence-electron chi connectivity index (χ2n) is 6.04. The standard InChI is InChI=1S/C21H17Br2NO3S/c22-19(15-9-3-1-4-10-15)20(23)21(25)17-13-7-8-14-18(17)24-28(26,27)16-11-5-2-6-12-16/h1-14,19-20,24H. The van der Waals surface area contributed by atoms with Crippen LogP contribution in [-0.4, -0.2) is 19.0 Å². The van der Waals surface area contributed by atoms with E-state index >= 15 is 0 Å². The molecular formula is C21H17Br2NO3S. The van der Waals surface area contributed by atoms with E-state index in [9.17, 15) is 13.2 Å². The average molecular weight is 523 g/mol. The third kappa shape index (κ3) is 4.71. The lowest BCUT2D eigenvalue weighted by Crippen LogP contribution is -2.22. The Morgan fingerprint density at radius 1 is 0.786 bits per heavy atom. The largest absolute Gasteiger partial charge is 0.293 e. The summed E-state index contributed by atoms with van der Waals surface area (Å²) < 4.78 is 27.8. The first-order chi connectivity index (χ1) is 13.4. The molecule has 0 aliphatic rings. The maximum absolute atomic E-state index is 13.1. The number of hydrogen-bond donors (Lipinski definition) is 1. The van der Waals surface area contributed by atoms with E-state index in [4.69, 9.17) is 0 Å². The van der Waals surface area contributed by atoms with Crippen molar-refractivity contribution in [2.45, 2.75) is 14.5 Å². The summed E-state index contributed by atoms with van der Waals surface area (Å²) in [6.45, 7) is 0. The van der Waals surface area contributed by atoms with E-state index in [2.05, 4.69) is 36.6 Å². The van der Waals surface area contributed by atoms with Crippen molar-refractivity contribution in [1.82, 2.24) is 0 Å². The Morgan fingerprint density at radius 2 is 1.32 bits per heavy atom. The van der Waals surface area contributed by atoms with Gasteiger partial charge in [0.2, 0.25) is 0 Å². The van der Waals surface area contributed by atoms with Crippen molar-refractivity contribution in [3.63, 3.8) is 0 Å². The fraction of sp³-hybridized carbons (Fsp3) is 0.0952. The number of ketones is 1. The molecule has 28 heavy (non-hydrogen) atoms. The zero-order valence-corrected chi connectivity index (χ0v) is 18.6. The first-order valence-corrected chi connectivity index (χ1v) is 11.8. The molecule has 4 nitrogen and oxygen atoms in total. The van der Waals surface area contributed by atoms with E-state index in [1.165, 1.54) is 12.1 Å². The molecule has 0 heterocycles. The maximum Gasteiger partial charge on any atom is 0.261 e. The molecule has 0 aromatic heterocycles. The van der Waals surface area contributed by atoms with Gasteiger partial charge < -0.3 is 0 Å². The predicted octanol–water partition coefficient (Wildman–Crippen LogP) is 5.57. The second-order valence-corrected chi connectivity index (χ2v) is 9.70. The lowest BCUT2D eigenvalue weighted by atomic mass is 10.0. The van der Waals surface area contributed by atoms with E-state index in [1.54, 1.807) is 42.5 Å². The van der Waals surface area contributed by atoms with Gasteiger partial charge in [-0.1, -0.05) is 92.5 Å². The van der Waals surface area contributed by atoms with Crippen LogP contribution >= 0.6 is 31.9 Å². The molecule has 3 rings (SSSR count). The Kier molecular flexibility index (Phi) is 6.69. The van der Waals surface area contributed by atoms with Gasteiger partial charge in [0.15, 0.2) is 5.78 Å². The van der Waals surface area contributed by atoms with Crippen molar-refractivity contribution in [2.75, 3.05) is 4.72 Å². The summed E-state index contributed by atoms with van der Waals surface area (Å²) in [5, 5.41) is 0. The van der Waals surface area contributed by atoms with Crippen LogP contribution in [0.2, 0.25) is 0 Å². The molecule has 3 aromatic carbocycles. The topological polar surface area (TPSA) is 63.2 Å². The summed E-state index contributed by atoms with van der Waals surface area (Å²) >= 11 is 7.03. The fourth-order valence-electron chi connectivity index (χ4n) is 2.68. The number of rotatable bonds is 7. The molecule has 3 aromatic rings. The number of sulfonamides is 1. The molecule has 144 valence electrons. The lowest BCUT2D eigenvalue weighted by Gasteiger charge is -2.18. The van der Waals surface area contributed by atoms with Gasteiger partial charge in [0.25, 0.3) is 10.0 Å². The minimum Gasteiger partial charge on any atom is -0.293 e. The smallest absolute Gasteiger partial charge is 0.261 e. The minimum absolute atomic E-state index is 0.135. The Hall–Kier alpha value is -1.96. The van der Waals surface area contributed by atoms with Crippen molar-refractivity contribution >= 4 is 53.4 Å². The Morgan fingerprint density at radius 3 is 1.96 bits per heavy atom. The van der Waals surface area contributed by atoms with E-state index in [1.807, 2.05) is 30.3 Å². The number of carbonyl (C=O) groups excluding carboxylic acids is 1. The number of Topliss-reactive ketones (excluding diaryl/α,β-unsaturated/α-hetero) is 1. The average Bonchev–Trinajstić information content (AvgIpc) is 2.73. The van der Waals surface area contributed by atoms with Crippen LogP contribution in [0.1, 0.15) is 20.7 Å². The number of benzene rings is 3. The van der Waals surface area contributed by atoms with Gasteiger partial charge in [-0.05, 0) is 29.8 Å². The Balaban J connectivity index is 1.89. The number of halogens is 2. The van der Waals surface area contributed by atoms with Gasteiger partial charge in [-0.2, -0.15) is 0 Å². The molecule has 2 unspecified atom stereocenters. The number of hydrogen-bond acceptors (Lipinski definition) is 3. The van der Waals surface area contributed by atoms with Crippen molar-refractivity contribution in [1.29, 1.82) is 0 Å². The number of anilines is 1. The highest BCUT2D eigenvalue weighted by atomic mass is 79.9. The predicted molar refractivity (Wildman–Crippen MR) is 119 cm³/mol. The van der Waals surface area contributed by atoms with Crippen LogP contribution in [0, 0.1) is 0 Å².